The van der Waals surface area contributed by atoms with Crippen LogP contribution in [-0.2, 0) is 6.54 Å². The lowest BCUT2D eigenvalue weighted by molar-refractivity contribution is 0.100. The molecule has 1 aromatic rings. The van der Waals surface area contributed by atoms with Crippen LogP contribution in [0.5, 0.6) is 0 Å². The standard InChI is InChI=1S/C12H20N2O2/c1-13-7-11(15)8-14(10-4-5-10)9-12-3-2-6-16-12/h2-3,6,10-11,13,15H,4-5,7-9H2,1H3. The Hall–Kier alpha value is -0.840. The summed E-state index contributed by atoms with van der Waals surface area (Å²) in [6, 6.07) is 4.53. The van der Waals surface area contributed by atoms with Crippen LogP contribution in [0.2, 0.25) is 0 Å². The highest BCUT2D eigenvalue weighted by Gasteiger charge is 2.30. The molecule has 0 aliphatic heterocycles. The molecule has 90 valence electrons. The highest BCUT2D eigenvalue weighted by molar-refractivity contribution is 5.00. The number of nitrogens with one attached hydrogen (secondary N) is 1. The number of likely N-dealkylation sites (N-methyl/N-ethyl adjacent to an activating group) is 1. The smallest absolute Gasteiger partial charge is 0.117 e. The fraction of sp³-hybridized carbons (Fsp3) is 0.667. The van der Waals surface area contributed by atoms with E-state index in [1.54, 1.807) is 6.26 Å². The van der Waals surface area contributed by atoms with E-state index in [0.717, 1.165) is 12.3 Å². The maximum atomic E-state index is 9.79. The average Bonchev–Trinajstić information content (AvgIpc) is 2.98. The lowest BCUT2D eigenvalue weighted by atomic mass is 10.3. The molecule has 2 rings (SSSR count). The van der Waals surface area contributed by atoms with Crippen LogP contribution in [0.25, 0.3) is 0 Å². The zero-order valence-electron chi connectivity index (χ0n) is 9.72. The van der Waals surface area contributed by atoms with Gasteiger partial charge < -0.3 is 14.8 Å². The molecule has 1 heterocycles. The number of aliphatic hydroxyl groups is 1. The number of furan rings is 1. The van der Waals surface area contributed by atoms with Crippen LogP contribution in [0.4, 0.5) is 0 Å². The molecule has 0 bridgehead atoms. The van der Waals surface area contributed by atoms with Gasteiger partial charge in [-0.2, -0.15) is 0 Å². The summed E-state index contributed by atoms with van der Waals surface area (Å²) in [5, 5.41) is 12.8. The van der Waals surface area contributed by atoms with Gasteiger partial charge in [0.15, 0.2) is 0 Å². The molecule has 4 heteroatoms. The lowest BCUT2D eigenvalue weighted by Crippen LogP contribution is -2.38. The Morgan fingerprint density at radius 2 is 2.44 bits per heavy atom. The maximum absolute atomic E-state index is 9.79. The minimum atomic E-state index is -0.305. The van der Waals surface area contributed by atoms with Crippen molar-refractivity contribution in [3.8, 4) is 0 Å². The first-order chi connectivity index (χ1) is 7.79. The summed E-state index contributed by atoms with van der Waals surface area (Å²) in [4.78, 5) is 2.31. The minimum absolute atomic E-state index is 0.305. The molecule has 16 heavy (non-hydrogen) atoms. The van der Waals surface area contributed by atoms with Crippen LogP contribution in [0, 0.1) is 0 Å². The van der Waals surface area contributed by atoms with Gasteiger partial charge >= 0.3 is 0 Å². The number of hydrogen-bond acceptors (Lipinski definition) is 4. The highest BCUT2D eigenvalue weighted by atomic mass is 16.3. The zero-order valence-corrected chi connectivity index (χ0v) is 9.72. The molecule has 1 unspecified atom stereocenters. The van der Waals surface area contributed by atoms with Crippen molar-refractivity contribution in [2.24, 2.45) is 0 Å². The summed E-state index contributed by atoms with van der Waals surface area (Å²) in [5.41, 5.74) is 0. The summed E-state index contributed by atoms with van der Waals surface area (Å²) in [6.07, 6.45) is 3.88. The molecule has 1 saturated carbocycles. The van der Waals surface area contributed by atoms with Crippen molar-refractivity contribution in [1.29, 1.82) is 0 Å². The van der Waals surface area contributed by atoms with Crippen molar-refractivity contribution in [3.63, 3.8) is 0 Å². The molecule has 1 aliphatic carbocycles. The third kappa shape index (κ3) is 3.33. The Kier molecular flexibility index (Phi) is 3.98. The Labute approximate surface area is 96.2 Å². The van der Waals surface area contributed by atoms with Gasteiger partial charge in [0, 0.05) is 19.1 Å². The molecule has 0 spiro atoms. The van der Waals surface area contributed by atoms with Gasteiger partial charge in [-0.1, -0.05) is 0 Å². The van der Waals surface area contributed by atoms with Gasteiger partial charge in [-0.25, -0.2) is 0 Å². The largest absolute Gasteiger partial charge is 0.468 e. The Bertz CT molecular complexity index is 296. The number of aliphatic hydroxyl groups excluding tert-OH is 1. The van der Waals surface area contributed by atoms with Gasteiger partial charge in [-0.05, 0) is 32.0 Å². The number of nitrogens with zero attached hydrogens (tertiary/aromatic N) is 1. The molecule has 4 nitrogen and oxygen atoms in total. The molecule has 0 amide bonds. The van der Waals surface area contributed by atoms with Crippen LogP contribution >= 0.6 is 0 Å². The van der Waals surface area contributed by atoms with Crippen molar-refractivity contribution >= 4 is 0 Å². The molecule has 1 aliphatic rings. The molecule has 0 aromatic carbocycles. The SMILES string of the molecule is CNCC(O)CN(Cc1ccco1)C1CC1. The van der Waals surface area contributed by atoms with Crippen molar-refractivity contribution < 1.29 is 9.52 Å². The van der Waals surface area contributed by atoms with Crippen molar-refractivity contribution in [3.05, 3.63) is 24.2 Å². The van der Waals surface area contributed by atoms with Crippen LogP contribution in [0.3, 0.4) is 0 Å². The first-order valence-electron chi connectivity index (χ1n) is 5.88. The summed E-state index contributed by atoms with van der Waals surface area (Å²) in [6.45, 7) is 2.16. The normalized spacial score (nSPS) is 17.9. The summed E-state index contributed by atoms with van der Waals surface area (Å²) >= 11 is 0. The summed E-state index contributed by atoms with van der Waals surface area (Å²) in [7, 11) is 1.86. The summed E-state index contributed by atoms with van der Waals surface area (Å²) in [5.74, 6) is 0.976. The van der Waals surface area contributed by atoms with E-state index >= 15 is 0 Å². The minimum Gasteiger partial charge on any atom is -0.468 e. The van der Waals surface area contributed by atoms with E-state index < -0.39 is 0 Å². The van der Waals surface area contributed by atoms with E-state index in [1.807, 2.05) is 19.2 Å². The van der Waals surface area contributed by atoms with Gasteiger partial charge in [0.1, 0.15) is 5.76 Å². The second kappa shape index (κ2) is 5.48. The molecule has 0 saturated heterocycles. The molecule has 1 aromatic heterocycles. The first-order valence-corrected chi connectivity index (χ1v) is 5.88. The molecule has 1 atom stereocenters. The van der Waals surface area contributed by atoms with Gasteiger partial charge in [0.25, 0.3) is 0 Å². The molecule has 2 N–H and O–H groups in total. The van der Waals surface area contributed by atoms with E-state index in [-0.39, 0.29) is 6.10 Å². The summed E-state index contributed by atoms with van der Waals surface area (Å²) < 4.78 is 5.34. The van der Waals surface area contributed by atoms with Crippen molar-refractivity contribution in [1.82, 2.24) is 10.2 Å². The second-order valence-corrected chi connectivity index (χ2v) is 4.45. The Morgan fingerprint density at radius 3 is 3.00 bits per heavy atom. The Balaban J connectivity index is 1.85. The second-order valence-electron chi connectivity index (χ2n) is 4.45. The van der Waals surface area contributed by atoms with E-state index in [9.17, 15) is 5.11 Å². The van der Waals surface area contributed by atoms with E-state index in [2.05, 4.69) is 10.2 Å². The van der Waals surface area contributed by atoms with Crippen LogP contribution in [0.15, 0.2) is 22.8 Å². The predicted octanol–water partition coefficient (Wildman–Crippen LogP) is 0.824. The number of hydrogen-bond donors (Lipinski definition) is 2. The quantitative estimate of drug-likeness (QED) is 0.720. The fourth-order valence-corrected chi connectivity index (χ4v) is 1.96. The van der Waals surface area contributed by atoms with Crippen LogP contribution < -0.4 is 5.32 Å². The molecular formula is C12H20N2O2. The van der Waals surface area contributed by atoms with Gasteiger partial charge in [-0.3, -0.25) is 4.90 Å². The Morgan fingerprint density at radius 1 is 1.62 bits per heavy atom. The maximum Gasteiger partial charge on any atom is 0.117 e. The zero-order chi connectivity index (χ0) is 11.4. The van der Waals surface area contributed by atoms with Crippen LogP contribution in [-0.4, -0.2) is 42.3 Å². The van der Waals surface area contributed by atoms with Crippen molar-refractivity contribution in [2.75, 3.05) is 20.1 Å². The lowest BCUT2D eigenvalue weighted by Gasteiger charge is -2.23. The molecule has 0 radical (unpaired) electrons. The van der Waals surface area contributed by atoms with E-state index in [0.29, 0.717) is 19.1 Å². The highest BCUT2D eigenvalue weighted by Crippen LogP contribution is 2.28. The monoisotopic (exact) mass is 224 g/mol. The van der Waals surface area contributed by atoms with E-state index in [4.69, 9.17) is 4.42 Å². The molecule has 1 fully saturated rings. The predicted molar refractivity (Wildman–Crippen MR) is 62.1 cm³/mol. The number of rotatable bonds is 7. The molecular weight excluding hydrogens is 204 g/mol. The van der Waals surface area contributed by atoms with Gasteiger partial charge in [0.05, 0.1) is 18.9 Å². The topological polar surface area (TPSA) is 48.6 Å². The average molecular weight is 224 g/mol. The first kappa shape index (κ1) is 11.6. The fourth-order valence-electron chi connectivity index (χ4n) is 1.96. The van der Waals surface area contributed by atoms with Gasteiger partial charge in [-0.15, -0.1) is 0 Å². The van der Waals surface area contributed by atoms with Crippen molar-refractivity contribution in [2.45, 2.75) is 31.5 Å². The van der Waals surface area contributed by atoms with Crippen LogP contribution in [0.1, 0.15) is 18.6 Å². The third-order valence-electron chi connectivity index (χ3n) is 2.89. The van der Waals surface area contributed by atoms with E-state index in [1.165, 1.54) is 12.8 Å². The van der Waals surface area contributed by atoms with Gasteiger partial charge in [0.2, 0.25) is 0 Å². The third-order valence-corrected chi connectivity index (χ3v) is 2.89.